The van der Waals surface area contributed by atoms with Crippen molar-refractivity contribution >= 4 is 10.9 Å². The van der Waals surface area contributed by atoms with E-state index in [0.717, 1.165) is 22.5 Å². The average Bonchev–Trinajstić information content (AvgIpc) is 3.44. The number of rotatable bonds is 6. The lowest BCUT2D eigenvalue weighted by Crippen LogP contribution is -2.02. The van der Waals surface area contributed by atoms with Crippen LogP contribution in [0.3, 0.4) is 0 Å². The molecule has 0 unspecified atom stereocenters. The highest BCUT2D eigenvalue weighted by Gasteiger charge is 2.15. The number of nitrogens with zero attached hydrogens (tertiary/aromatic N) is 6. The smallest absolute Gasteiger partial charge is 0.256 e. The molecule has 5 aromatic rings. The molecule has 9 heteroatoms. The van der Waals surface area contributed by atoms with Crippen molar-refractivity contribution in [2.45, 2.75) is 13.5 Å². The van der Waals surface area contributed by atoms with Gasteiger partial charge in [-0.15, -0.1) is 0 Å². The number of hydrogen-bond acceptors (Lipinski definition) is 7. The Morgan fingerprint density at radius 2 is 1.91 bits per heavy atom. The van der Waals surface area contributed by atoms with Crippen molar-refractivity contribution in [2.24, 2.45) is 0 Å². The molecule has 0 saturated heterocycles. The van der Waals surface area contributed by atoms with E-state index in [0.29, 0.717) is 34.8 Å². The van der Waals surface area contributed by atoms with Crippen molar-refractivity contribution in [2.75, 3.05) is 14.2 Å². The summed E-state index contributed by atoms with van der Waals surface area (Å²) in [5, 5.41) is 15.9. The second-order valence-corrected chi connectivity index (χ2v) is 7.53. The van der Waals surface area contributed by atoms with E-state index in [4.69, 9.17) is 14.5 Å². The quantitative estimate of drug-likeness (QED) is 0.427. The van der Waals surface area contributed by atoms with E-state index in [1.165, 1.54) is 0 Å². The third-order valence-electron chi connectivity index (χ3n) is 5.52. The Kier molecular flexibility index (Phi) is 5.14. The zero-order valence-corrected chi connectivity index (χ0v) is 18.4. The van der Waals surface area contributed by atoms with Gasteiger partial charge in [-0.05, 0) is 36.8 Å². The minimum Gasteiger partial charge on any atom is -0.494 e. The van der Waals surface area contributed by atoms with Gasteiger partial charge in [0.15, 0.2) is 5.75 Å². The van der Waals surface area contributed by atoms with Crippen LogP contribution < -0.4 is 9.47 Å². The molecule has 0 spiro atoms. The fourth-order valence-electron chi connectivity index (χ4n) is 3.73. The molecule has 0 saturated carbocycles. The maximum atomic E-state index is 10.8. The van der Waals surface area contributed by atoms with E-state index >= 15 is 0 Å². The molecule has 0 bridgehead atoms. The van der Waals surface area contributed by atoms with Crippen LogP contribution in [0, 0.1) is 6.92 Å². The van der Waals surface area contributed by atoms with Gasteiger partial charge in [-0.2, -0.15) is 5.10 Å². The number of ether oxygens (including phenoxy) is 2. The predicted octanol–water partition coefficient (Wildman–Crippen LogP) is 3.76. The molecule has 5 heterocycles. The van der Waals surface area contributed by atoms with Crippen LogP contribution in [-0.4, -0.2) is 48.6 Å². The Hall–Kier alpha value is -4.40. The predicted molar refractivity (Wildman–Crippen MR) is 123 cm³/mol. The number of aromatic hydroxyl groups is 1. The fourth-order valence-corrected chi connectivity index (χ4v) is 3.73. The normalized spacial score (nSPS) is 11.1. The second kappa shape index (κ2) is 8.27. The summed E-state index contributed by atoms with van der Waals surface area (Å²) in [4.78, 5) is 13.3. The van der Waals surface area contributed by atoms with E-state index in [1.807, 2.05) is 48.1 Å². The van der Waals surface area contributed by atoms with Crippen LogP contribution >= 0.6 is 0 Å². The van der Waals surface area contributed by atoms with Gasteiger partial charge in [-0.25, -0.2) is 9.97 Å². The van der Waals surface area contributed by atoms with Crippen LogP contribution in [0.15, 0.2) is 61.3 Å². The molecule has 0 aliphatic rings. The van der Waals surface area contributed by atoms with Crippen molar-refractivity contribution in [1.82, 2.24) is 29.3 Å². The Balaban J connectivity index is 1.48. The first-order valence-corrected chi connectivity index (χ1v) is 10.3. The Morgan fingerprint density at radius 3 is 2.70 bits per heavy atom. The van der Waals surface area contributed by atoms with Gasteiger partial charge >= 0.3 is 0 Å². The summed E-state index contributed by atoms with van der Waals surface area (Å²) in [6, 6.07) is 9.43. The van der Waals surface area contributed by atoms with Gasteiger partial charge in [0.05, 0.1) is 49.2 Å². The molecule has 0 aliphatic carbocycles. The molecule has 0 radical (unpaired) electrons. The van der Waals surface area contributed by atoms with E-state index in [1.54, 1.807) is 43.6 Å². The zero-order valence-electron chi connectivity index (χ0n) is 18.4. The van der Waals surface area contributed by atoms with Gasteiger partial charge in [-0.3, -0.25) is 14.2 Å². The first-order chi connectivity index (χ1) is 16.1. The summed E-state index contributed by atoms with van der Waals surface area (Å²) in [7, 11) is 3.11. The molecule has 166 valence electrons. The Bertz CT molecular complexity index is 1460. The van der Waals surface area contributed by atoms with Gasteiger partial charge in [-0.1, -0.05) is 6.07 Å². The van der Waals surface area contributed by atoms with Crippen molar-refractivity contribution in [3.63, 3.8) is 0 Å². The highest BCUT2D eigenvalue weighted by Crippen LogP contribution is 2.33. The molecule has 1 N–H and O–H groups in total. The van der Waals surface area contributed by atoms with Crippen LogP contribution in [-0.2, 0) is 6.54 Å². The fraction of sp³-hybridized carbons (Fsp3) is 0.167. The highest BCUT2D eigenvalue weighted by atomic mass is 16.5. The molecular formula is C24H22N6O3. The minimum absolute atomic E-state index is 0.103. The molecule has 5 rings (SSSR count). The summed E-state index contributed by atoms with van der Waals surface area (Å²) >= 11 is 0. The lowest BCUT2D eigenvalue weighted by Gasteiger charge is -2.08. The SMILES string of the molecule is COc1cc(-c2ccc3c(O)n(-c4cnn(Cc5cccnc5C)c4)cc3n2)cnc1OC. The molecule has 0 aromatic carbocycles. The number of fused-ring (bicyclic) bond motifs is 1. The van der Waals surface area contributed by atoms with E-state index in [9.17, 15) is 5.11 Å². The summed E-state index contributed by atoms with van der Waals surface area (Å²) in [6.45, 7) is 2.57. The molecule has 0 aliphatic heterocycles. The monoisotopic (exact) mass is 442 g/mol. The summed E-state index contributed by atoms with van der Waals surface area (Å²) in [5.41, 5.74) is 4.92. The lowest BCUT2D eigenvalue weighted by molar-refractivity contribution is 0.343. The molecule has 0 atom stereocenters. The number of aromatic nitrogens is 6. The van der Waals surface area contributed by atoms with Gasteiger partial charge in [0.1, 0.15) is 0 Å². The van der Waals surface area contributed by atoms with Crippen LogP contribution in [0.2, 0.25) is 0 Å². The molecule has 9 nitrogen and oxygen atoms in total. The van der Waals surface area contributed by atoms with Crippen LogP contribution in [0.4, 0.5) is 0 Å². The van der Waals surface area contributed by atoms with E-state index in [-0.39, 0.29) is 5.88 Å². The van der Waals surface area contributed by atoms with Crippen LogP contribution in [0.25, 0.3) is 27.8 Å². The maximum Gasteiger partial charge on any atom is 0.256 e. The molecular weight excluding hydrogens is 420 g/mol. The van der Waals surface area contributed by atoms with Crippen LogP contribution in [0.5, 0.6) is 17.5 Å². The molecule has 0 amide bonds. The largest absolute Gasteiger partial charge is 0.494 e. The van der Waals surface area contributed by atoms with E-state index in [2.05, 4.69) is 15.1 Å². The van der Waals surface area contributed by atoms with Crippen molar-refractivity contribution in [3.8, 4) is 34.5 Å². The van der Waals surface area contributed by atoms with Gasteiger partial charge in [0, 0.05) is 36.0 Å². The lowest BCUT2D eigenvalue weighted by atomic mass is 10.1. The van der Waals surface area contributed by atoms with Crippen molar-refractivity contribution < 1.29 is 14.6 Å². The topological polar surface area (TPSA) is 100 Å². The maximum absolute atomic E-state index is 10.8. The standard InChI is InChI=1S/C24H22N6O3/c1-15-16(5-4-8-25-15)12-29-13-18(11-27-29)30-14-21-19(24(30)31)6-7-20(28-21)17-9-22(32-2)23(33-3)26-10-17/h4-11,13-14,31H,12H2,1-3H3. The number of aryl methyl sites for hydroxylation is 1. The van der Waals surface area contributed by atoms with Crippen LogP contribution in [0.1, 0.15) is 11.3 Å². The van der Waals surface area contributed by atoms with Gasteiger partial charge in [0.2, 0.25) is 5.88 Å². The third kappa shape index (κ3) is 3.73. The van der Waals surface area contributed by atoms with Crippen molar-refractivity contribution in [1.29, 1.82) is 0 Å². The Morgan fingerprint density at radius 1 is 1.03 bits per heavy atom. The second-order valence-electron chi connectivity index (χ2n) is 7.53. The average molecular weight is 442 g/mol. The molecule has 0 fully saturated rings. The summed E-state index contributed by atoms with van der Waals surface area (Å²) in [6.07, 6.45) is 8.83. The van der Waals surface area contributed by atoms with Crippen molar-refractivity contribution in [3.05, 3.63) is 72.6 Å². The number of hydrogen-bond donors (Lipinski definition) is 1. The summed E-state index contributed by atoms with van der Waals surface area (Å²) < 4.78 is 14.0. The first-order valence-electron chi connectivity index (χ1n) is 10.3. The molecule has 33 heavy (non-hydrogen) atoms. The minimum atomic E-state index is 0.103. The summed E-state index contributed by atoms with van der Waals surface area (Å²) in [5.74, 6) is 1.03. The van der Waals surface area contributed by atoms with Gasteiger partial charge in [0.25, 0.3) is 5.88 Å². The first kappa shape index (κ1) is 20.5. The Labute approximate surface area is 189 Å². The molecule has 5 aromatic heterocycles. The third-order valence-corrected chi connectivity index (χ3v) is 5.52. The van der Waals surface area contributed by atoms with E-state index < -0.39 is 0 Å². The number of methoxy groups -OCH3 is 2. The van der Waals surface area contributed by atoms with Gasteiger partial charge < -0.3 is 14.6 Å². The zero-order chi connectivity index (χ0) is 22.9. The highest BCUT2D eigenvalue weighted by molar-refractivity contribution is 5.87. The number of pyridine rings is 3.